The summed E-state index contributed by atoms with van der Waals surface area (Å²) in [5.74, 6) is 0.347. The first kappa shape index (κ1) is 17.6. The summed E-state index contributed by atoms with van der Waals surface area (Å²) >= 11 is 1.46. The molecular formula is C25H17NO2S. The number of thiophene rings is 1. The lowest BCUT2D eigenvalue weighted by atomic mass is 10.0. The van der Waals surface area contributed by atoms with Crippen LogP contribution in [0.2, 0.25) is 0 Å². The summed E-state index contributed by atoms with van der Waals surface area (Å²) in [7, 11) is 0. The second-order valence-electron chi connectivity index (χ2n) is 6.95. The Morgan fingerprint density at radius 2 is 1.38 bits per heavy atom. The van der Waals surface area contributed by atoms with E-state index < -0.39 is 0 Å². The molecule has 0 spiro atoms. The maximum Gasteiger partial charge on any atom is 0.348 e. The molecule has 3 nitrogen and oxygen atoms in total. The molecule has 2 heterocycles. The van der Waals surface area contributed by atoms with Crippen molar-refractivity contribution in [3.63, 3.8) is 0 Å². The minimum absolute atomic E-state index is 0.347. The van der Waals surface area contributed by atoms with Crippen molar-refractivity contribution in [2.45, 2.75) is 6.92 Å². The van der Waals surface area contributed by atoms with Crippen LogP contribution in [0.15, 0.2) is 93.5 Å². The van der Waals surface area contributed by atoms with Crippen molar-refractivity contribution in [1.82, 2.24) is 4.98 Å². The van der Waals surface area contributed by atoms with Crippen LogP contribution in [-0.2, 0) is 0 Å². The highest BCUT2D eigenvalue weighted by molar-refractivity contribution is 7.17. The Labute approximate surface area is 171 Å². The average molecular weight is 395 g/mol. The smallest absolute Gasteiger partial charge is 0.348 e. The van der Waals surface area contributed by atoms with Gasteiger partial charge in [0.25, 0.3) is 0 Å². The van der Waals surface area contributed by atoms with Gasteiger partial charge < -0.3 is 4.42 Å². The lowest BCUT2D eigenvalue weighted by Gasteiger charge is -2.04. The SMILES string of the molecule is Cc1ccc(-c2csc3nc(-c4ccc(-c5ccccc5)cc4)oc(=O)c23)cc1. The largest absolute Gasteiger partial charge is 0.403 e. The molecule has 0 N–H and O–H groups in total. The van der Waals surface area contributed by atoms with E-state index in [9.17, 15) is 4.79 Å². The summed E-state index contributed by atoms with van der Waals surface area (Å²) in [6.07, 6.45) is 0. The molecule has 4 heteroatoms. The van der Waals surface area contributed by atoms with Crippen LogP contribution >= 0.6 is 11.3 Å². The van der Waals surface area contributed by atoms with Crippen molar-refractivity contribution in [3.05, 3.63) is 100 Å². The Morgan fingerprint density at radius 1 is 0.759 bits per heavy atom. The molecule has 0 radical (unpaired) electrons. The molecule has 0 amide bonds. The number of hydrogen-bond donors (Lipinski definition) is 0. The van der Waals surface area contributed by atoms with Crippen molar-refractivity contribution >= 4 is 21.6 Å². The van der Waals surface area contributed by atoms with Gasteiger partial charge in [0.1, 0.15) is 10.2 Å². The van der Waals surface area contributed by atoms with E-state index in [-0.39, 0.29) is 5.63 Å². The lowest BCUT2D eigenvalue weighted by Crippen LogP contribution is -2.02. The molecule has 0 aliphatic carbocycles. The number of hydrogen-bond acceptors (Lipinski definition) is 4. The number of nitrogens with zero attached hydrogens (tertiary/aromatic N) is 1. The third-order valence-corrected chi connectivity index (χ3v) is 5.84. The Hall–Kier alpha value is -3.50. The third kappa shape index (κ3) is 3.28. The fourth-order valence-electron chi connectivity index (χ4n) is 3.39. The van der Waals surface area contributed by atoms with Crippen LogP contribution in [0.4, 0.5) is 0 Å². The minimum atomic E-state index is -0.353. The number of aryl methyl sites for hydroxylation is 1. The summed E-state index contributed by atoms with van der Waals surface area (Å²) in [6, 6.07) is 26.2. The van der Waals surface area contributed by atoms with Crippen LogP contribution in [-0.4, -0.2) is 4.98 Å². The molecule has 0 aliphatic heterocycles. The Bertz CT molecular complexity index is 1350. The van der Waals surface area contributed by atoms with Gasteiger partial charge in [-0.25, -0.2) is 9.78 Å². The summed E-state index contributed by atoms with van der Waals surface area (Å²) in [5, 5.41) is 2.52. The van der Waals surface area contributed by atoms with E-state index in [1.165, 1.54) is 16.9 Å². The topological polar surface area (TPSA) is 43.1 Å². The van der Waals surface area contributed by atoms with E-state index in [2.05, 4.69) is 17.1 Å². The Morgan fingerprint density at radius 3 is 2.10 bits per heavy atom. The molecule has 5 aromatic rings. The fourth-order valence-corrected chi connectivity index (χ4v) is 4.32. The van der Waals surface area contributed by atoms with Crippen LogP contribution in [0, 0.1) is 6.92 Å². The van der Waals surface area contributed by atoms with Gasteiger partial charge in [-0.15, -0.1) is 11.3 Å². The van der Waals surface area contributed by atoms with E-state index >= 15 is 0 Å². The number of rotatable bonds is 3. The number of fused-ring (bicyclic) bond motifs is 1. The second-order valence-corrected chi connectivity index (χ2v) is 7.80. The highest BCUT2D eigenvalue weighted by Gasteiger charge is 2.15. The minimum Gasteiger partial charge on any atom is -0.403 e. The summed E-state index contributed by atoms with van der Waals surface area (Å²) in [4.78, 5) is 18.1. The quantitative estimate of drug-likeness (QED) is 0.347. The van der Waals surface area contributed by atoms with E-state index in [0.29, 0.717) is 16.1 Å². The van der Waals surface area contributed by atoms with Crippen LogP contribution in [0.25, 0.3) is 43.9 Å². The molecule has 0 saturated heterocycles. The molecule has 0 atom stereocenters. The molecule has 29 heavy (non-hydrogen) atoms. The summed E-state index contributed by atoms with van der Waals surface area (Å²) in [5.41, 5.74) is 5.73. The standard InChI is InChI=1S/C25H17NO2S/c1-16-7-9-19(10-8-16)21-15-29-24-22(21)25(27)28-23(26-24)20-13-11-18(12-14-20)17-5-3-2-4-6-17/h2-15H,1H3. The monoisotopic (exact) mass is 395 g/mol. The summed E-state index contributed by atoms with van der Waals surface area (Å²) < 4.78 is 5.61. The molecule has 3 aromatic carbocycles. The normalized spacial score (nSPS) is 11.1. The number of benzene rings is 3. The van der Waals surface area contributed by atoms with Gasteiger partial charge in [0, 0.05) is 16.5 Å². The van der Waals surface area contributed by atoms with Crippen molar-refractivity contribution in [3.8, 4) is 33.7 Å². The van der Waals surface area contributed by atoms with E-state index in [4.69, 9.17) is 4.42 Å². The first-order valence-corrected chi connectivity index (χ1v) is 10.2. The van der Waals surface area contributed by atoms with E-state index in [0.717, 1.165) is 27.8 Å². The van der Waals surface area contributed by atoms with Gasteiger partial charge >= 0.3 is 5.63 Å². The highest BCUT2D eigenvalue weighted by atomic mass is 32.1. The molecule has 0 unspecified atom stereocenters. The molecule has 2 aromatic heterocycles. The first-order chi connectivity index (χ1) is 14.2. The predicted octanol–water partition coefficient (Wildman–Crippen LogP) is 6.56. The molecule has 0 aliphatic rings. The van der Waals surface area contributed by atoms with Gasteiger partial charge in [0.2, 0.25) is 5.89 Å². The lowest BCUT2D eigenvalue weighted by molar-refractivity contribution is 0.519. The zero-order valence-corrected chi connectivity index (χ0v) is 16.6. The van der Waals surface area contributed by atoms with E-state index in [1.54, 1.807) is 0 Å². The zero-order chi connectivity index (χ0) is 19.8. The van der Waals surface area contributed by atoms with Gasteiger partial charge in [-0.05, 0) is 35.7 Å². The van der Waals surface area contributed by atoms with Gasteiger partial charge in [-0.2, -0.15) is 0 Å². The Kier molecular flexibility index (Phi) is 4.34. The number of aromatic nitrogens is 1. The van der Waals surface area contributed by atoms with Crippen LogP contribution < -0.4 is 5.63 Å². The third-order valence-electron chi connectivity index (χ3n) is 4.97. The van der Waals surface area contributed by atoms with Crippen LogP contribution in [0.1, 0.15) is 5.56 Å². The molecule has 0 fully saturated rings. The van der Waals surface area contributed by atoms with Gasteiger partial charge in [0.05, 0.1) is 0 Å². The highest BCUT2D eigenvalue weighted by Crippen LogP contribution is 2.32. The maximum absolute atomic E-state index is 12.8. The molecular weight excluding hydrogens is 378 g/mol. The van der Waals surface area contributed by atoms with Crippen LogP contribution in [0.5, 0.6) is 0 Å². The van der Waals surface area contributed by atoms with Gasteiger partial charge in [0.15, 0.2) is 0 Å². The molecule has 0 bridgehead atoms. The molecule has 140 valence electrons. The van der Waals surface area contributed by atoms with Crippen molar-refractivity contribution in [1.29, 1.82) is 0 Å². The van der Waals surface area contributed by atoms with E-state index in [1.807, 2.05) is 79.0 Å². The van der Waals surface area contributed by atoms with Crippen molar-refractivity contribution < 1.29 is 4.42 Å². The average Bonchev–Trinajstić information content (AvgIpc) is 3.20. The van der Waals surface area contributed by atoms with Crippen LogP contribution in [0.3, 0.4) is 0 Å². The molecule has 5 rings (SSSR count). The van der Waals surface area contributed by atoms with Crippen molar-refractivity contribution in [2.75, 3.05) is 0 Å². The predicted molar refractivity (Wildman–Crippen MR) is 119 cm³/mol. The second kappa shape index (κ2) is 7.15. The fraction of sp³-hybridized carbons (Fsp3) is 0.0400. The van der Waals surface area contributed by atoms with Crippen molar-refractivity contribution in [2.24, 2.45) is 0 Å². The van der Waals surface area contributed by atoms with Gasteiger partial charge in [-0.3, -0.25) is 0 Å². The zero-order valence-electron chi connectivity index (χ0n) is 15.8. The summed E-state index contributed by atoms with van der Waals surface area (Å²) in [6.45, 7) is 2.04. The first-order valence-electron chi connectivity index (χ1n) is 9.34. The van der Waals surface area contributed by atoms with Gasteiger partial charge in [-0.1, -0.05) is 72.3 Å². The Balaban J connectivity index is 1.55. The maximum atomic E-state index is 12.8. The molecule has 0 saturated carbocycles.